The Labute approximate surface area is 216 Å². The van der Waals surface area contributed by atoms with Crippen LogP contribution in [0, 0.1) is 0 Å². The molecule has 0 bridgehead atoms. The van der Waals surface area contributed by atoms with Gasteiger partial charge in [0.2, 0.25) is 5.89 Å². The number of hydrogen-bond acceptors (Lipinski definition) is 5. The predicted molar refractivity (Wildman–Crippen MR) is 142 cm³/mol. The van der Waals surface area contributed by atoms with Crippen LogP contribution in [0.3, 0.4) is 0 Å². The summed E-state index contributed by atoms with van der Waals surface area (Å²) in [7, 11) is 0. The van der Waals surface area contributed by atoms with Crippen LogP contribution in [0.5, 0.6) is 0 Å². The summed E-state index contributed by atoms with van der Waals surface area (Å²) in [4.78, 5) is 30.8. The van der Waals surface area contributed by atoms with Crippen molar-refractivity contribution in [3.8, 4) is 11.5 Å². The molecule has 0 aliphatic rings. The molecule has 5 aromatic rings. The summed E-state index contributed by atoms with van der Waals surface area (Å²) in [5.74, 6) is -0.730. The molecule has 1 N–H and O–H groups in total. The van der Waals surface area contributed by atoms with Crippen LogP contribution in [0.4, 0.5) is 5.69 Å². The fourth-order valence-corrected chi connectivity index (χ4v) is 4.45. The van der Waals surface area contributed by atoms with Crippen LogP contribution >= 0.6 is 23.2 Å². The fourth-order valence-electron chi connectivity index (χ4n) is 4.00. The maximum Gasteiger partial charge on any atom is 0.339 e. The molecule has 0 aliphatic carbocycles. The molecular weight excluding hydrogens is 499 g/mol. The number of oxazole rings is 1. The van der Waals surface area contributed by atoms with Crippen LogP contribution < -0.4 is 5.32 Å². The number of halogens is 2. The minimum Gasteiger partial charge on any atom is -0.449 e. The van der Waals surface area contributed by atoms with Crippen molar-refractivity contribution in [2.75, 3.05) is 5.32 Å². The SMILES string of the molecule is CCC(OC(=O)c1cccc2cccc(-c3nc4ccccc4o3)c12)C(=O)Nc1ccc(Cl)cc1Cl. The van der Waals surface area contributed by atoms with Gasteiger partial charge in [-0.25, -0.2) is 9.78 Å². The van der Waals surface area contributed by atoms with Crippen molar-refractivity contribution < 1.29 is 18.7 Å². The van der Waals surface area contributed by atoms with E-state index in [-0.39, 0.29) is 11.4 Å². The Morgan fingerprint density at radius 3 is 2.53 bits per heavy atom. The number of carbonyl (C=O) groups excluding carboxylic acids is 2. The third-order valence-corrected chi connectivity index (χ3v) is 6.30. The lowest BCUT2D eigenvalue weighted by Gasteiger charge is -2.18. The first-order valence-corrected chi connectivity index (χ1v) is 12.0. The number of carbonyl (C=O) groups is 2. The van der Waals surface area contributed by atoms with Gasteiger partial charge in [0.05, 0.1) is 16.3 Å². The standard InChI is InChI=1S/C28H20Cl2N2O4/c1-2-23(26(33)31-21-14-13-17(29)15-20(21)30)36-28(34)19-10-6-8-16-7-5-9-18(25(16)19)27-32-22-11-3-4-12-24(22)35-27/h3-15,23H,2H2,1H3,(H,31,33). The smallest absolute Gasteiger partial charge is 0.339 e. The second-order valence-electron chi connectivity index (χ2n) is 8.11. The highest BCUT2D eigenvalue weighted by Gasteiger charge is 2.25. The van der Waals surface area contributed by atoms with Gasteiger partial charge in [0.15, 0.2) is 11.7 Å². The molecule has 1 aromatic heterocycles. The maximum atomic E-state index is 13.4. The van der Waals surface area contributed by atoms with Gasteiger partial charge in [-0.1, -0.05) is 66.5 Å². The largest absolute Gasteiger partial charge is 0.449 e. The Bertz CT molecular complexity index is 1570. The summed E-state index contributed by atoms with van der Waals surface area (Å²) in [5, 5.41) is 4.88. The van der Waals surface area contributed by atoms with Gasteiger partial charge in [-0.15, -0.1) is 0 Å². The molecule has 8 heteroatoms. The van der Waals surface area contributed by atoms with Gasteiger partial charge in [-0.3, -0.25) is 4.79 Å². The average Bonchev–Trinajstić information content (AvgIpc) is 3.32. The van der Waals surface area contributed by atoms with Gasteiger partial charge >= 0.3 is 5.97 Å². The number of fused-ring (bicyclic) bond motifs is 2. The summed E-state index contributed by atoms with van der Waals surface area (Å²) >= 11 is 12.1. The molecule has 0 saturated carbocycles. The summed E-state index contributed by atoms with van der Waals surface area (Å²) in [6, 6.07) is 23.1. The zero-order chi connectivity index (χ0) is 25.2. The molecule has 36 heavy (non-hydrogen) atoms. The molecule has 1 unspecified atom stereocenters. The van der Waals surface area contributed by atoms with Gasteiger partial charge in [0.1, 0.15) is 5.52 Å². The molecule has 0 spiro atoms. The van der Waals surface area contributed by atoms with Gasteiger partial charge in [0.25, 0.3) is 5.91 Å². The van der Waals surface area contributed by atoms with Crippen LogP contribution in [-0.2, 0) is 9.53 Å². The first-order valence-electron chi connectivity index (χ1n) is 11.3. The van der Waals surface area contributed by atoms with Crippen molar-refractivity contribution in [2.24, 2.45) is 0 Å². The van der Waals surface area contributed by atoms with E-state index in [1.165, 1.54) is 6.07 Å². The second kappa shape index (κ2) is 10.0. The number of anilines is 1. The van der Waals surface area contributed by atoms with E-state index in [4.69, 9.17) is 32.4 Å². The quantitative estimate of drug-likeness (QED) is 0.235. The van der Waals surface area contributed by atoms with Crippen LogP contribution in [0.15, 0.2) is 83.3 Å². The van der Waals surface area contributed by atoms with E-state index in [0.29, 0.717) is 44.2 Å². The van der Waals surface area contributed by atoms with Crippen LogP contribution in [0.1, 0.15) is 23.7 Å². The number of benzene rings is 4. The normalized spacial score (nSPS) is 12.0. The Kier molecular flexibility index (Phi) is 6.63. The molecule has 6 nitrogen and oxygen atoms in total. The van der Waals surface area contributed by atoms with E-state index in [1.807, 2.05) is 48.5 Å². The van der Waals surface area contributed by atoms with Gasteiger partial charge < -0.3 is 14.5 Å². The van der Waals surface area contributed by atoms with E-state index >= 15 is 0 Å². The van der Waals surface area contributed by atoms with Crippen LogP contribution in [-0.4, -0.2) is 23.0 Å². The van der Waals surface area contributed by atoms with E-state index < -0.39 is 18.0 Å². The van der Waals surface area contributed by atoms with Crippen molar-refractivity contribution in [2.45, 2.75) is 19.4 Å². The van der Waals surface area contributed by atoms with Crippen molar-refractivity contribution in [1.82, 2.24) is 4.98 Å². The van der Waals surface area contributed by atoms with Crippen LogP contribution in [0.2, 0.25) is 10.0 Å². The van der Waals surface area contributed by atoms with Gasteiger partial charge in [-0.2, -0.15) is 0 Å². The molecule has 0 radical (unpaired) electrons. The first-order chi connectivity index (χ1) is 17.4. The highest BCUT2D eigenvalue weighted by atomic mass is 35.5. The first kappa shape index (κ1) is 23.9. The third-order valence-electron chi connectivity index (χ3n) is 5.75. The molecule has 0 saturated heterocycles. The lowest BCUT2D eigenvalue weighted by atomic mass is 9.99. The minimum absolute atomic E-state index is 0.269. The summed E-state index contributed by atoms with van der Waals surface area (Å²) < 4.78 is 11.6. The summed E-state index contributed by atoms with van der Waals surface area (Å²) in [6.45, 7) is 1.76. The number of nitrogens with zero attached hydrogens (tertiary/aromatic N) is 1. The molecule has 1 amide bonds. The molecule has 0 fully saturated rings. The Hall–Kier alpha value is -3.87. The predicted octanol–water partition coefficient (Wildman–Crippen LogP) is 7.53. The monoisotopic (exact) mass is 518 g/mol. The number of aromatic nitrogens is 1. The number of rotatable bonds is 6. The maximum absolute atomic E-state index is 13.4. The summed E-state index contributed by atoms with van der Waals surface area (Å²) in [6.07, 6.45) is -0.762. The molecule has 1 heterocycles. The summed E-state index contributed by atoms with van der Waals surface area (Å²) in [5.41, 5.74) is 2.70. The highest BCUT2D eigenvalue weighted by molar-refractivity contribution is 6.36. The zero-order valence-corrected chi connectivity index (χ0v) is 20.6. The van der Waals surface area contributed by atoms with E-state index in [0.717, 1.165) is 5.39 Å². The fraction of sp³-hybridized carbons (Fsp3) is 0.107. The topological polar surface area (TPSA) is 81.4 Å². The Balaban J connectivity index is 1.47. The molecule has 0 aliphatic heterocycles. The van der Waals surface area contributed by atoms with E-state index in [2.05, 4.69) is 10.3 Å². The number of hydrogen-bond donors (Lipinski definition) is 1. The molecule has 1 atom stereocenters. The van der Waals surface area contributed by atoms with Crippen molar-refractivity contribution in [3.05, 3.63) is 94.5 Å². The number of ether oxygens (including phenoxy) is 1. The number of esters is 1. The number of nitrogens with one attached hydrogen (secondary N) is 1. The highest BCUT2D eigenvalue weighted by Crippen LogP contribution is 2.33. The molecular formula is C28H20Cl2N2O4. The third kappa shape index (κ3) is 4.65. The lowest BCUT2D eigenvalue weighted by molar-refractivity contribution is -0.124. The van der Waals surface area contributed by atoms with Crippen molar-refractivity contribution in [3.63, 3.8) is 0 Å². The molecule has 180 valence electrons. The van der Waals surface area contributed by atoms with Crippen molar-refractivity contribution >= 4 is 62.6 Å². The van der Waals surface area contributed by atoms with Gasteiger partial charge in [-0.05, 0) is 54.3 Å². The van der Waals surface area contributed by atoms with Crippen LogP contribution in [0.25, 0.3) is 33.3 Å². The molecule has 5 rings (SSSR count). The Morgan fingerprint density at radius 2 is 1.78 bits per heavy atom. The number of para-hydroxylation sites is 2. The zero-order valence-electron chi connectivity index (χ0n) is 19.1. The van der Waals surface area contributed by atoms with E-state index in [9.17, 15) is 9.59 Å². The van der Waals surface area contributed by atoms with Crippen molar-refractivity contribution in [1.29, 1.82) is 0 Å². The average molecular weight is 519 g/mol. The van der Waals surface area contributed by atoms with E-state index in [1.54, 1.807) is 31.2 Å². The lowest BCUT2D eigenvalue weighted by Crippen LogP contribution is -2.32. The number of amides is 1. The second-order valence-corrected chi connectivity index (χ2v) is 8.96. The van der Waals surface area contributed by atoms with Gasteiger partial charge in [0, 0.05) is 16.0 Å². The minimum atomic E-state index is -1.03. The Morgan fingerprint density at radius 1 is 1.00 bits per heavy atom. The molecule has 4 aromatic carbocycles.